The van der Waals surface area contributed by atoms with Crippen LogP contribution in [0, 0.1) is 0 Å². The second kappa shape index (κ2) is 12.4. The lowest BCUT2D eigenvalue weighted by molar-refractivity contribution is -0.119. The summed E-state index contributed by atoms with van der Waals surface area (Å²) in [6, 6.07) is 5.80. The van der Waals surface area contributed by atoms with Gasteiger partial charge < -0.3 is 30.2 Å². The van der Waals surface area contributed by atoms with Gasteiger partial charge in [-0.3, -0.25) is 14.4 Å². The number of nitrogens with zero attached hydrogens (tertiary/aromatic N) is 1. The second-order valence-electron chi connectivity index (χ2n) is 10.5. The van der Waals surface area contributed by atoms with Crippen LogP contribution in [0.5, 0.6) is 17.2 Å². The standard InChI is InChI=1S/C31H36N4O6S/c1-16(30(38)35-31-34-23-8-6-7-9-26(23)42-31)32-22-13-11-19-20(15-24(22)37)21(33-17(2)36)12-10-18-14-25(39-3)28(40-4)29(41-5)27(18)19/h11,13-16,21H,6-10,12H2,1-5H3,(H,32,37)(H,33,36)(H,34,35,38)/t16-,21+/m1/s1. The van der Waals surface area contributed by atoms with Gasteiger partial charge >= 0.3 is 0 Å². The molecule has 0 bridgehead atoms. The van der Waals surface area contributed by atoms with Crippen LogP contribution in [-0.2, 0) is 28.9 Å². The molecule has 0 saturated heterocycles. The van der Waals surface area contributed by atoms with Crippen molar-refractivity contribution >= 4 is 34.0 Å². The van der Waals surface area contributed by atoms with Gasteiger partial charge in [-0.25, -0.2) is 4.98 Å². The van der Waals surface area contributed by atoms with Gasteiger partial charge in [0.15, 0.2) is 16.6 Å². The summed E-state index contributed by atoms with van der Waals surface area (Å²) < 4.78 is 17.1. The van der Waals surface area contributed by atoms with Crippen LogP contribution in [0.2, 0.25) is 0 Å². The number of aryl methyl sites for hydroxylation is 3. The summed E-state index contributed by atoms with van der Waals surface area (Å²) in [6.07, 6.45) is 5.34. The summed E-state index contributed by atoms with van der Waals surface area (Å²) in [5.41, 5.74) is 4.08. The Balaban J connectivity index is 1.53. The number of hydrogen-bond donors (Lipinski definition) is 3. The average molecular weight is 593 g/mol. The SMILES string of the molecule is COc1cc2c(c(OC)c1OC)-c1ccc(N[C@H](C)C(=O)Nc3nc4c(s3)CCCC4)c(=O)cc1[C@@H](NC(C)=O)CC2. The maximum atomic E-state index is 13.6. The van der Waals surface area contributed by atoms with Crippen LogP contribution in [0.25, 0.3) is 11.1 Å². The van der Waals surface area contributed by atoms with Crippen molar-refractivity contribution in [3.8, 4) is 28.4 Å². The first kappa shape index (κ1) is 29.4. The Hall–Kier alpha value is -4.12. The lowest BCUT2D eigenvalue weighted by atomic mass is 9.95. The summed E-state index contributed by atoms with van der Waals surface area (Å²) in [6.45, 7) is 3.16. The van der Waals surface area contributed by atoms with Crippen LogP contribution in [0.3, 0.4) is 0 Å². The van der Waals surface area contributed by atoms with Gasteiger partial charge in [-0.1, -0.05) is 6.07 Å². The molecule has 0 unspecified atom stereocenters. The highest BCUT2D eigenvalue weighted by molar-refractivity contribution is 7.15. The fourth-order valence-electron chi connectivity index (χ4n) is 5.74. The minimum atomic E-state index is -0.710. The van der Waals surface area contributed by atoms with Crippen LogP contribution in [-0.4, -0.2) is 44.2 Å². The second-order valence-corrected chi connectivity index (χ2v) is 11.6. The molecule has 2 aliphatic carbocycles. The molecule has 42 heavy (non-hydrogen) atoms. The predicted molar refractivity (Wildman–Crippen MR) is 163 cm³/mol. The molecule has 3 aromatic rings. The predicted octanol–water partition coefficient (Wildman–Crippen LogP) is 4.64. The molecule has 0 spiro atoms. The van der Waals surface area contributed by atoms with Gasteiger partial charge in [0.1, 0.15) is 6.04 Å². The molecular formula is C31H36N4O6S. The maximum Gasteiger partial charge on any atom is 0.248 e. The monoisotopic (exact) mass is 592 g/mol. The van der Waals surface area contributed by atoms with Crippen LogP contribution < -0.4 is 35.6 Å². The molecule has 2 atom stereocenters. The highest BCUT2D eigenvalue weighted by atomic mass is 32.1. The molecule has 2 aromatic carbocycles. The quantitative estimate of drug-likeness (QED) is 0.345. The van der Waals surface area contributed by atoms with E-state index >= 15 is 0 Å². The minimum absolute atomic E-state index is 0.203. The third kappa shape index (κ3) is 5.78. The Morgan fingerprint density at radius 1 is 1.02 bits per heavy atom. The molecule has 11 heteroatoms. The number of thiazole rings is 1. The van der Waals surface area contributed by atoms with Crippen molar-refractivity contribution in [2.45, 2.75) is 64.5 Å². The number of carbonyl (C=O) groups excluding carboxylic acids is 2. The minimum Gasteiger partial charge on any atom is -0.493 e. The number of nitrogens with one attached hydrogen (secondary N) is 3. The van der Waals surface area contributed by atoms with Gasteiger partial charge in [0, 0.05) is 17.4 Å². The molecule has 2 amide bonds. The third-order valence-corrected chi connectivity index (χ3v) is 8.83. The molecule has 0 radical (unpaired) electrons. The first-order chi connectivity index (χ1) is 20.2. The van der Waals surface area contributed by atoms with Gasteiger partial charge in [-0.05, 0) is 80.3 Å². The molecule has 5 rings (SSSR count). The Bertz CT molecular complexity index is 1560. The van der Waals surface area contributed by atoms with Crippen molar-refractivity contribution < 1.29 is 23.8 Å². The average Bonchev–Trinajstić information content (AvgIpc) is 3.24. The van der Waals surface area contributed by atoms with Gasteiger partial charge in [0.05, 0.1) is 38.8 Å². The van der Waals surface area contributed by atoms with E-state index in [1.54, 1.807) is 34.3 Å². The van der Waals surface area contributed by atoms with Gasteiger partial charge in [0.2, 0.25) is 23.0 Å². The van der Waals surface area contributed by atoms with E-state index in [9.17, 15) is 14.4 Å². The Morgan fingerprint density at radius 2 is 1.79 bits per heavy atom. The van der Waals surface area contributed by atoms with Gasteiger partial charge in [0.25, 0.3) is 0 Å². The normalized spacial score (nSPS) is 16.1. The lowest BCUT2D eigenvalue weighted by Gasteiger charge is -2.19. The highest BCUT2D eigenvalue weighted by Gasteiger charge is 2.30. The van der Waals surface area contributed by atoms with Gasteiger partial charge in [-0.15, -0.1) is 11.3 Å². The van der Waals surface area contributed by atoms with Crippen molar-refractivity contribution in [3.05, 3.63) is 56.2 Å². The Kier molecular flexibility index (Phi) is 8.67. The number of anilines is 2. The fourth-order valence-corrected chi connectivity index (χ4v) is 6.80. The van der Waals surface area contributed by atoms with Crippen molar-refractivity contribution in [2.24, 2.45) is 0 Å². The smallest absolute Gasteiger partial charge is 0.248 e. The Labute approximate surface area is 248 Å². The number of rotatable bonds is 8. The molecule has 0 fully saturated rings. The van der Waals surface area contributed by atoms with E-state index in [4.69, 9.17) is 14.2 Å². The summed E-state index contributed by atoms with van der Waals surface area (Å²) in [5.74, 6) is 0.951. The number of benzene rings is 1. The zero-order chi connectivity index (χ0) is 30.0. The summed E-state index contributed by atoms with van der Waals surface area (Å²) >= 11 is 1.52. The van der Waals surface area contributed by atoms with Crippen molar-refractivity contribution in [1.82, 2.24) is 10.3 Å². The molecule has 2 aliphatic rings. The first-order valence-electron chi connectivity index (χ1n) is 14.1. The zero-order valence-electron chi connectivity index (χ0n) is 24.5. The fraction of sp³-hybridized carbons (Fsp3) is 0.419. The van der Waals surface area contributed by atoms with Crippen LogP contribution >= 0.6 is 11.3 Å². The largest absolute Gasteiger partial charge is 0.493 e. The van der Waals surface area contributed by atoms with Crippen LogP contribution in [0.4, 0.5) is 10.8 Å². The molecule has 222 valence electrons. The van der Waals surface area contributed by atoms with Crippen LogP contribution in [0.1, 0.15) is 60.8 Å². The van der Waals surface area contributed by atoms with E-state index < -0.39 is 12.1 Å². The molecule has 1 aromatic heterocycles. The lowest BCUT2D eigenvalue weighted by Crippen LogP contribution is -2.33. The number of hydrogen-bond acceptors (Lipinski definition) is 9. The molecule has 10 nitrogen and oxygen atoms in total. The van der Waals surface area contributed by atoms with Gasteiger partial charge in [-0.2, -0.15) is 0 Å². The molecule has 0 saturated carbocycles. The van der Waals surface area contributed by atoms with E-state index in [0.29, 0.717) is 40.8 Å². The number of fused-ring (bicyclic) bond motifs is 4. The topological polar surface area (TPSA) is 128 Å². The number of amides is 2. The van der Waals surface area contributed by atoms with Crippen LogP contribution in [0.15, 0.2) is 29.1 Å². The molecular weight excluding hydrogens is 556 g/mol. The van der Waals surface area contributed by atoms with Crippen molar-refractivity contribution in [2.75, 3.05) is 32.0 Å². The van der Waals surface area contributed by atoms with E-state index in [1.165, 1.54) is 29.2 Å². The third-order valence-electron chi connectivity index (χ3n) is 7.76. The van der Waals surface area contributed by atoms with Crippen molar-refractivity contribution in [1.29, 1.82) is 0 Å². The Morgan fingerprint density at radius 3 is 2.48 bits per heavy atom. The number of aromatic nitrogens is 1. The molecule has 0 aliphatic heterocycles. The van der Waals surface area contributed by atoms with E-state index in [-0.39, 0.29) is 22.9 Å². The van der Waals surface area contributed by atoms with Crippen molar-refractivity contribution in [3.63, 3.8) is 0 Å². The molecule has 1 heterocycles. The summed E-state index contributed by atoms with van der Waals surface area (Å²) in [5, 5.41) is 9.58. The first-order valence-corrected chi connectivity index (χ1v) is 14.9. The molecule has 3 N–H and O–H groups in total. The number of ether oxygens (including phenoxy) is 3. The highest BCUT2D eigenvalue weighted by Crippen LogP contribution is 2.50. The van der Waals surface area contributed by atoms with E-state index in [1.807, 2.05) is 12.1 Å². The maximum absolute atomic E-state index is 13.6. The zero-order valence-corrected chi connectivity index (χ0v) is 25.3. The number of methoxy groups -OCH3 is 3. The van der Waals surface area contributed by atoms with E-state index in [2.05, 4.69) is 20.9 Å². The summed E-state index contributed by atoms with van der Waals surface area (Å²) in [4.78, 5) is 44.7. The summed E-state index contributed by atoms with van der Waals surface area (Å²) in [7, 11) is 4.67. The van der Waals surface area contributed by atoms with E-state index in [0.717, 1.165) is 48.1 Å². The number of carbonyl (C=O) groups is 2.